The Morgan fingerprint density at radius 1 is 1.06 bits per heavy atom. The first kappa shape index (κ1) is 12.3. The summed E-state index contributed by atoms with van der Waals surface area (Å²) in [6.45, 7) is 0. The zero-order chi connectivity index (χ0) is 13.0. The summed E-state index contributed by atoms with van der Waals surface area (Å²) in [6.07, 6.45) is 0.342. The van der Waals surface area contributed by atoms with Gasteiger partial charge in [-0.25, -0.2) is 4.39 Å². The van der Waals surface area contributed by atoms with Crippen molar-refractivity contribution in [3.63, 3.8) is 0 Å². The van der Waals surface area contributed by atoms with E-state index in [-0.39, 0.29) is 11.7 Å². The molecule has 18 heavy (non-hydrogen) atoms. The second kappa shape index (κ2) is 5.45. The van der Waals surface area contributed by atoms with E-state index in [0.29, 0.717) is 12.1 Å². The van der Waals surface area contributed by atoms with Gasteiger partial charge in [-0.3, -0.25) is 4.79 Å². The normalized spacial score (nSPS) is 10.1. The minimum Gasteiger partial charge on any atom is -0.315 e. The standard InChI is InChI=1S/C15H14FNO/c1-17(14-9-7-13(16)8-10-14)15(18)11-12-5-3-2-4-6-12/h2-10H,11H2,1H3. The Kier molecular flexibility index (Phi) is 3.72. The van der Waals surface area contributed by atoms with Gasteiger partial charge in [-0.1, -0.05) is 30.3 Å². The molecule has 0 aliphatic rings. The minimum absolute atomic E-state index is 0.0205. The number of nitrogens with zero attached hydrogens (tertiary/aromatic N) is 1. The molecule has 2 nitrogen and oxygen atoms in total. The molecule has 92 valence electrons. The Morgan fingerprint density at radius 2 is 1.67 bits per heavy atom. The third kappa shape index (κ3) is 2.94. The number of benzene rings is 2. The van der Waals surface area contributed by atoms with Crippen LogP contribution >= 0.6 is 0 Å². The number of anilines is 1. The molecule has 0 aliphatic carbocycles. The summed E-state index contributed by atoms with van der Waals surface area (Å²) in [7, 11) is 1.69. The van der Waals surface area contributed by atoms with Gasteiger partial charge in [0.25, 0.3) is 0 Å². The third-order valence-electron chi connectivity index (χ3n) is 2.79. The highest BCUT2D eigenvalue weighted by Crippen LogP contribution is 2.14. The number of carbonyl (C=O) groups excluding carboxylic acids is 1. The molecule has 0 aromatic heterocycles. The summed E-state index contributed by atoms with van der Waals surface area (Å²) < 4.78 is 12.8. The predicted molar refractivity (Wildman–Crippen MR) is 70.0 cm³/mol. The van der Waals surface area contributed by atoms with Gasteiger partial charge in [0.1, 0.15) is 5.82 Å². The Hall–Kier alpha value is -2.16. The number of hydrogen-bond acceptors (Lipinski definition) is 1. The Balaban J connectivity index is 2.07. The maximum absolute atomic E-state index is 12.8. The molecule has 2 aromatic carbocycles. The van der Waals surface area contributed by atoms with Crippen LogP contribution in [0.5, 0.6) is 0 Å². The smallest absolute Gasteiger partial charge is 0.231 e. The van der Waals surface area contributed by atoms with Crippen molar-refractivity contribution in [2.45, 2.75) is 6.42 Å². The van der Waals surface area contributed by atoms with Crippen LogP contribution in [0.2, 0.25) is 0 Å². The monoisotopic (exact) mass is 243 g/mol. The van der Waals surface area contributed by atoms with Crippen molar-refractivity contribution >= 4 is 11.6 Å². The van der Waals surface area contributed by atoms with Gasteiger partial charge in [-0.15, -0.1) is 0 Å². The van der Waals surface area contributed by atoms with Gasteiger partial charge in [-0.05, 0) is 29.8 Å². The lowest BCUT2D eigenvalue weighted by molar-refractivity contribution is -0.117. The molecule has 0 saturated carbocycles. The van der Waals surface area contributed by atoms with E-state index in [1.54, 1.807) is 19.2 Å². The van der Waals surface area contributed by atoms with Gasteiger partial charge in [-0.2, -0.15) is 0 Å². The molecule has 0 bridgehead atoms. The molecule has 0 unspecified atom stereocenters. The van der Waals surface area contributed by atoms with Crippen molar-refractivity contribution in [1.82, 2.24) is 0 Å². The summed E-state index contributed by atoms with van der Waals surface area (Å²) in [5.74, 6) is -0.324. The van der Waals surface area contributed by atoms with Gasteiger partial charge in [0, 0.05) is 12.7 Å². The quantitative estimate of drug-likeness (QED) is 0.811. The van der Waals surface area contributed by atoms with Crippen LogP contribution in [-0.2, 0) is 11.2 Å². The number of likely N-dealkylation sites (N-methyl/N-ethyl adjacent to an activating group) is 1. The highest BCUT2D eigenvalue weighted by molar-refractivity contribution is 5.94. The van der Waals surface area contributed by atoms with Gasteiger partial charge < -0.3 is 4.90 Å². The molecule has 0 atom stereocenters. The molecule has 2 aromatic rings. The maximum Gasteiger partial charge on any atom is 0.231 e. The van der Waals surface area contributed by atoms with E-state index in [1.807, 2.05) is 30.3 Å². The summed E-state index contributed by atoms with van der Waals surface area (Å²) in [5.41, 5.74) is 1.66. The van der Waals surface area contributed by atoms with Crippen LogP contribution in [0.4, 0.5) is 10.1 Å². The largest absolute Gasteiger partial charge is 0.315 e. The lowest BCUT2D eigenvalue weighted by Gasteiger charge is -2.17. The molecule has 0 spiro atoms. The SMILES string of the molecule is CN(C(=O)Cc1ccccc1)c1ccc(F)cc1. The van der Waals surface area contributed by atoms with Crippen LogP contribution in [0.25, 0.3) is 0 Å². The number of rotatable bonds is 3. The summed E-state index contributed by atoms with van der Waals surface area (Å²) in [4.78, 5) is 13.6. The molecular weight excluding hydrogens is 229 g/mol. The molecule has 0 heterocycles. The van der Waals surface area contributed by atoms with Crippen molar-refractivity contribution in [2.75, 3.05) is 11.9 Å². The number of carbonyl (C=O) groups is 1. The topological polar surface area (TPSA) is 20.3 Å². The van der Waals surface area contributed by atoms with E-state index in [4.69, 9.17) is 0 Å². The first-order valence-corrected chi connectivity index (χ1v) is 5.73. The zero-order valence-corrected chi connectivity index (χ0v) is 10.1. The van der Waals surface area contributed by atoms with Crippen LogP contribution in [0.3, 0.4) is 0 Å². The molecule has 0 fully saturated rings. The highest BCUT2D eigenvalue weighted by atomic mass is 19.1. The first-order valence-electron chi connectivity index (χ1n) is 5.73. The van der Waals surface area contributed by atoms with Crippen LogP contribution in [0, 0.1) is 5.82 Å². The van der Waals surface area contributed by atoms with E-state index in [0.717, 1.165) is 5.56 Å². The van der Waals surface area contributed by atoms with Gasteiger partial charge in [0.15, 0.2) is 0 Å². The second-order valence-corrected chi connectivity index (χ2v) is 4.09. The van der Waals surface area contributed by atoms with Gasteiger partial charge in [0.05, 0.1) is 6.42 Å². The lowest BCUT2D eigenvalue weighted by Crippen LogP contribution is -2.27. The van der Waals surface area contributed by atoms with E-state index in [9.17, 15) is 9.18 Å². The van der Waals surface area contributed by atoms with Gasteiger partial charge >= 0.3 is 0 Å². The summed E-state index contributed by atoms with van der Waals surface area (Å²) in [5, 5.41) is 0. The predicted octanol–water partition coefficient (Wildman–Crippen LogP) is 3.03. The Morgan fingerprint density at radius 3 is 2.28 bits per heavy atom. The first-order chi connectivity index (χ1) is 8.66. The van der Waals surface area contributed by atoms with Crippen molar-refractivity contribution in [1.29, 1.82) is 0 Å². The summed E-state index contributed by atoms with van der Waals surface area (Å²) in [6, 6.07) is 15.4. The molecule has 3 heteroatoms. The average Bonchev–Trinajstić information content (AvgIpc) is 2.40. The molecule has 1 amide bonds. The Labute approximate surface area is 106 Å². The maximum atomic E-state index is 12.8. The summed E-state index contributed by atoms with van der Waals surface area (Å²) >= 11 is 0. The van der Waals surface area contributed by atoms with E-state index < -0.39 is 0 Å². The fourth-order valence-corrected chi connectivity index (χ4v) is 1.70. The van der Waals surface area contributed by atoms with Crippen molar-refractivity contribution in [3.05, 3.63) is 66.0 Å². The molecule has 0 N–H and O–H groups in total. The van der Waals surface area contributed by atoms with E-state index in [1.165, 1.54) is 17.0 Å². The molecule has 2 rings (SSSR count). The number of amides is 1. The average molecular weight is 243 g/mol. The fourth-order valence-electron chi connectivity index (χ4n) is 1.70. The number of hydrogen-bond donors (Lipinski definition) is 0. The lowest BCUT2D eigenvalue weighted by atomic mass is 10.1. The zero-order valence-electron chi connectivity index (χ0n) is 10.1. The van der Waals surface area contributed by atoms with Crippen molar-refractivity contribution < 1.29 is 9.18 Å². The third-order valence-corrected chi connectivity index (χ3v) is 2.79. The van der Waals surface area contributed by atoms with Crippen LogP contribution < -0.4 is 4.90 Å². The highest BCUT2D eigenvalue weighted by Gasteiger charge is 2.11. The Bertz CT molecular complexity index is 522. The molecule has 0 radical (unpaired) electrons. The van der Waals surface area contributed by atoms with Crippen LogP contribution in [-0.4, -0.2) is 13.0 Å². The van der Waals surface area contributed by atoms with Crippen molar-refractivity contribution in [3.8, 4) is 0 Å². The fraction of sp³-hybridized carbons (Fsp3) is 0.133. The van der Waals surface area contributed by atoms with E-state index in [2.05, 4.69) is 0 Å². The van der Waals surface area contributed by atoms with E-state index >= 15 is 0 Å². The second-order valence-electron chi connectivity index (χ2n) is 4.09. The van der Waals surface area contributed by atoms with Crippen molar-refractivity contribution in [2.24, 2.45) is 0 Å². The minimum atomic E-state index is -0.303. The van der Waals surface area contributed by atoms with Crippen LogP contribution in [0.1, 0.15) is 5.56 Å². The molecular formula is C15H14FNO. The van der Waals surface area contributed by atoms with Gasteiger partial charge in [0.2, 0.25) is 5.91 Å². The molecule has 0 saturated heterocycles. The number of halogens is 1. The van der Waals surface area contributed by atoms with Crippen LogP contribution in [0.15, 0.2) is 54.6 Å². The molecule has 0 aliphatic heterocycles.